The predicted octanol–water partition coefficient (Wildman–Crippen LogP) is 4.12. The fraction of sp³-hybridized carbons (Fsp3) is 0.750. The minimum absolute atomic E-state index is 2.07. The van der Waals surface area contributed by atoms with Gasteiger partial charge in [-0.05, 0) is 0 Å². The molecule has 0 aliphatic heterocycles. The molecule has 1 unspecified atom stereocenters. The van der Waals surface area contributed by atoms with Crippen molar-refractivity contribution in [3.63, 3.8) is 0 Å². The van der Waals surface area contributed by atoms with Gasteiger partial charge in [-0.3, -0.25) is 4.39 Å². The molecule has 106 valence electrons. The molecule has 10 heteroatoms. The highest BCUT2D eigenvalue weighted by molar-refractivity contribution is 5.34. The molecule has 0 saturated carbocycles. The highest BCUT2D eigenvalue weighted by Crippen LogP contribution is 2.62. The fourth-order valence-electron chi connectivity index (χ4n) is 1.43. The van der Waals surface area contributed by atoms with Gasteiger partial charge in [0.05, 0.1) is 6.67 Å². The van der Waals surface area contributed by atoms with Crippen LogP contribution in [0.5, 0.6) is 0 Å². The second-order valence-electron chi connectivity index (χ2n) is 3.59. The summed E-state index contributed by atoms with van der Waals surface area (Å²) in [4.78, 5) is 0. The van der Waals surface area contributed by atoms with E-state index in [0.717, 1.165) is 0 Å². The third-order valence-corrected chi connectivity index (χ3v) is 2.54. The van der Waals surface area contributed by atoms with E-state index in [2.05, 4.69) is 0 Å². The van der Waals surface area contributed by atoms with E-state index >= 15 is 0 Å². The molecule has 0 saturated heterocycles. The maximum Gasteiger partial charge on any atom is 0.382 e. The number of halogens is 10. The van der Waals surface area contributed by atoms with Crippen molar-refractivity contribution in [2.75, 3.05) is 6.67 Å². The van der Waals surface area contributed by atoms with Crippen LogP contribution in [0.2, 0.25) is 0 Å². The maximum absolute atomic E-state index is 13.4. The van der Waals surface area contributed by atoms with Crippen LogP contribution in [0.15, 0.2) is 11.7 Å². The molecule has 18 heavy (non-hydrogen) atoms. The van der Waals surface area contributed by atoms with Crippen molar-refractivity contribution in [2.45, 2.75) is 29.9 Å². The van der Waals surface area contributed by atoms with Crippen LogP contribution < -0.4 is 0 Å². The first-order valence-electron chi connectivity index (χ1n) is 4.32. The Morgan fingerprint density at radius 3 is 1.56 bits per heavy atom. The Morgan fingerprint density at radius 2 is 1.17 bits per heavy atom. The molecule has 0 heterocycles. The molecule has 0 nitrogen and oxygen atoms in total. The van der Waals surface area contributed by atoms with Crippen LogP contribution in [0.3, 0.4) is 0 Å². The SMILES string of the molecule is FCCC1(F)C(F)=C(F)C(F)(F)C(F)(F)C1(F)F. The lowest BCUT2D eigenvalue weighted by Crippen LogP contribution is -2.67. The largest absolute Gasteiger partial charge is 0.382 e. The van der Waals surface area contributed by atoms with Gasteiger partial charge in [0.25, 0.3) is 0 Å². The van der Waals surface area contributed by atoms with E-state index in [1.807, 2.05) is 0 Å². The molecule has 0 spiro atoms. The summed E-state index contributed by atoms with van der Waals surface area (Å²) in [7, 11) is 0. The van der Waals surface area contributed by atoms with Crippen molar-refractivity contribution in [2.24, 2.45) is 0 Å². The second kappa shape index (κ2) is 3.77. The van der Waals surface area contributed by atoms with Gasteiger partial charge in [-0.15, -0.1) is 0 Å². The molecule has 0 amide bonds. The number of hydrogen-bond acceptors (Lipinski definition) is 0. The molecule has 1 aliphatic rings. The summed E-state index contributed by atoms with van der Waals surface area (Å²) in [5, 5.41) is 0. The Hall–Kier alpha value is -0.960. The molecule has 0 N–H and O–H groups in total. The van der Waals surface area contributed by atoms with Crippen LogP contribution >= 0.6 is 0 Å². The molecule has 1 aliphatic carbocycles. The summed E-state index contributed by atoms with van der Waals surface area (Å²) < 4.78 is 127. The standard InChI is InChI=1S/C8H4F10/c9-2-1-5(12)3(10)4(11)6(13,14)8(17,18)7(5,15)16/h1-2H2. The van der Waals surface area contributed by atoms with Gasteiger partial charge < -0.3 is 0 Å². The number of rotatable bonds is 2. The van der Waals surface area contributed by atoms with Crippen molar-refractivity contribution in [3.05, 3.63) is 11.7 Å². The minimum Gasteiger partial charge on any atom is -0.251 e. The maximum atomic E-state index is 13.4. The summed E-state index contributed by atoms with van der Waals surface area (Å²) >= 11 is 0. The van der Waals surface area contributed by atoms with E-state index in [9.17, 15) is 43.9 Å². The van der Waals surface area contributed by atoms with Gasteiger partial charge in [0.2, 0.25) is 11.5 Å². The molecule has 1 rings (SSSR count). The first-order valence-corrected chi connectivity index (χ1v) is 4.32. The molecule has 1 atom stereocenters. The lowest BCUT2D eigenvalue weighted by Gasteiger charge is -2.43. The Labute approximate surface area is 93.3 Å². The lowest BCUT2D eigenvalue weighted by molar-refractivity contribution is -0.346. The van der Waals surface area contributed by atoms with Gasteiger partial charge in [-0.1, -0.05) is 0 Å². The fourth-order valence-corrected chi connectivity index (χ4v) is 1.43. The number of hydrogen-bond donors (Lipinski definition) is 0. The highest BCUT2D eigenvalue weighted by atomic mass is 19.4. The number of allylic oxidation sites excluding steroid dienone is 2. The van der Waals surface area contributed by atoms with Crippen LogP contribution in [0, 0.1) is 0 Å². The Kier molecular flexibility index (Phi) is 3.16. The Morgan fingerprint density at radius 1 is 0.722 bits per heavy atom. The highest BCUT2D eigenvalue weighted by Gasteiger charge is 2.85. The van der Waals surface area contributed by atoms with Crippen molar-refractivity contribution in [1.29, 1.82) is 0 Å². The van der Waals surface area contributed by atoms with Crippen molar-refractivity contribution in [3.8, 4) is 0 Å². The van der Waals surface area contributed by atoms with Crippen LogP contribution in [0.4, 0.5) is 43.9 Å². The van der Waals surface area contributed by atoms with E-state index in [4.69, 9.17) is 0 Å². The van der Waals surface area contributed by atoms with E-state index in [1.54, 1.807) is 0 Å². The quantitative estimate of drug-likeness (QED) is 0.671. The zero-order valence-corrected chi connectivity index (χ0v) is 8.19. The van der Waals surface area contributed by atoms with Crippen molar-refractivity contribution >= 4 is 0 Å². The summed E-state index contributed by atoms with van der Waals surface area (Å²) in [6.45, 7) is -2.07. The summed E-state index contributed by atoms with van der Waals surface area (Å²) in [6, 6.07) is 0. The van der Waals surface area contributed by atoms with Gasteiger partial charge in [0.1, 0.15) is 0 Å². The lowest BCUT2D eigenvalue weighted by atomic mass is 9.80. The first kappa shape index (κ1) is 15.1. The predicted molar refractivity (Wildman–Crippen MR) is 38.5 cm³/mol. The second-order valence-corrected chi connectivity index (χ2v) is 3.59. The summed E-state index contributed by atoms with van der Waals surface area (Å²) in [6.07, 6.45) is -2.22. The minimum atomic E-state index is -6.52. The van der Waals surface area contributed by atoms with E-state index < -0.39 is 48.2 Å². The zero-order chi connectivity index (χ0) is 14.6. The normalized spacial score (nSPS) is 33.7. The van der Waals surface area contributed by atoms with E-state index in [-0.39, 0.29) is 0 Å². The van der Waals surface area contributed by atoms with Crippen LogP contribution in [0.25, 0.3) is 0 Å². The van der Waals surface area contributed by atoms with Gasteiger partial charge in [0, 0.05) is 6.42 Å². The Bertz CT molecular complexity index is 383. The van der Waals surface area contributed by atoms with Crippen LogP contribution in [-0.4, -0.2) is 30.1 Å². The molecule has 0 aromatic heterocycles. The summed E-state index contributed by atoms with van der Waals surface area (Å²) in [5.74, 6) is -26.1. The smallest absolute Gasteiger partial charge is 0.251 e. The molecule has 0 fully saturated rings. The molecular formula is C8H4F10. The van der Waals surface area contributed by atoms with Gasteiger partial charge in [-0.25, -0.2) is 13.2 Å². The topological polar surface area (TPSA) is 0 Å². The van der Waals surface area contributed by atoms with Crippen molar-refractivity contribution < 1.29 is 43.9 Å². The average Bonchev–Trinajstić information content (AvgIpc) is 2.25. The van der Waals surface area contributed by atoms with Gasteiger partial charge in [0.15, 0.2) is 5.83 Å². The first-order chi connectivity index (χ1) is 7.88. The van der Waals surface area contributed by atoms with E-state index in [0.29, 0.717) is 0 Å². The third-order valence-electron chi connectivity index (χ3n) is 2.54. The van der Waals surface area contributed by atoms with Gasteiger partial charge >= 0.3 is 17.8 Å². The third kappa shape index (κ3) is 1.40. The molecule has 0 aromatic rings. The van der Waals surface area contributed by atoms with Gasteiger partial charge in [-0.2, -0.15) is 26.3 Å². The Balaban J connectivity index is 3.62. The molecular weight excluding hydrogens is 286 g/mol. The molecule has 0 radical (unpaired) electrons. The zero-order valence-electron chi connectivity index (χ0n) is 8.19. The summed E-state index contributed by atoms with van der Waals surface area (Å²) in [5.41, 5.74) is -5.16. The van der Waals surface area contributed by atoms with E-state index in [1.165, 1.54) is 0 Å². The van der Waals surface area contributed by atoms with Crippen LogP contribution in [0.1, 0.15) is 6.42 Å². The van der Waals surface area contributed by atoms with Crippen molar-refractivity contribution in [1.82, 2.24) is 0 Å². The molecule has 0 bridgehead atoms. The molecule has 0 aromatic carbocycles. The monoisotopic (exact) mass is 290 g/mol. The average molecular weight is 290 g/mol. The van der Waals surface area contributed by atoms with Crippen LogP contribution in [-0.2, 0) is 0 Å². The number of alkyl halides is 8.